The van der Waals surface area contributed by atoms with Crippen molar-refractivity contribution >= 4 is 0 Å². The Bertz CT molecular complexity index is 67.4. The van der Waals surface area contributed by atoms with Crippen LogP contribution in [0.5, 0.6) is 0 Å². The lowest BCUT2D eigenvalue weighted by Gasteiger charge is -1.90. The summed E-state index contributed by atoms with van der Waals surface area (Å²) in [5.74, 6) is 1.77. The van der Waals surface area contributed by atoms with E-state index in [1.807, 2.05) is 0 Å². The molecule has 0 heterocycles. The van der Waals surface area contributed by atoms with E-state index >= 15 is 0 Å². The van der Waals surface area contributed by atoms with E-state index < -0.39 is 0 Å². The topological polar surface area (TPSA) is 9.23 Å². The zero-order valence-corrected chi connectivity index (χ0v) is 12.4. The van der Waals surface area contributed by atoms with Crippen LogP contribution >= 0.6 is 0 Å². The Kier molecular flexibility index (Phi) is 26.5. The highest BCUT2D eigenvalue weighted by Gasteiger charge is 1.80. The minimum absolute atomic E-state index is 0.884. The van der Waals surface area contributed by atoms with Crippen molar-refractivity contribution in [3.63, 3.8) is 0 Å². The van der Waals surface area contributed by atoms with Crippen LogP contribution in [0.4, 0.5) is 0 Å². The van der Waals surface area contributed by atoms with Crippen molar-refractivity contribution in [2.75, 3.05) is 13.7 Å². The van der Waals surface area contributed by atoms with Crippen molar-refractivity contribution in [2.45, 2.75) is 67.7 Å². The maximum Gasteiger partial charge on any atom is 0.0459 e. The van der Waals surface area contributed by atoms with Crippen molar-refractivity contribution < 1.29 is 4.74 Å². The standard InChI is InChI=1S/2C5H12.C4H10O/c2*1-4-5(2)3;1-3-4-5-2/h2*5H,4H2,1-3H3;3-4H2,1-2H3. The van der Waals surface area contributed by atoms with Gasteiger partial charge in [-0.05, 0) is 18.3 Å². The summed E-state index contributed by atoms with van der Waals surface area (Å²) >= 11 is 0. The van der Waals surface area contributed by atoms with Gasteiger partial charge in [0.15, 0.2) is 0 Å². The lowest BCUT2D eigenvalue weighted by molar-refractivity contribution is 0.199. The fourth-order valence-electron chi connectivity index (χ4n) is 0.204. The summed E-state index contributed by atoms with van der Waals surface area (Å²) in [5.41, 5.74) is 0. The molecule has 0 fully saturated rings. The predicted molar refractivity (Wildman–Crippen MR) is 72.4 cm³/mol. The third-order valence-electron chi connectivity index (χ3n) is 2.04. The molecule has 0 saturated carbocycles. The molecule has 0 rings (SSSR count). The van der Waals surface area contributed by atoms with E-state index in [1.165, 1.54) is 12.8 Å². The molecule has 1 heteroatoms. The van der Waals surface area contributed by atoms with Gasteiger partial charge in [0.2, 0.25) is 0 Å². The number of ether oxygens (including phenoxy) is 1. The first-order valence-electron chi connectivity index (χ1n) is 6.44. The molecule has 0 bridgehead atoms. The smallest absolute Gasteiger partial charge is 0.0459 e. The van der Waals surface area contributed by atoms with E-state index in [-0.39, 0.29) is 0 Å². The first-order chi connectivity index (χ1) is 6.95. The lowest BCUT2D eigenvalue weighted by atomic mass is 10.2. The second kappa shape index (κ2) is 19.5. The average Bonchev–Trinajstić information content (AvgIpc) is 2.20. The molecule has 0 aromatic heterocycles. The average molecular weight is 218 g/mol. The van der Waals surface area contributed by atoms with Gasteiger partial charge in [0.1, 0.15) is 0 Å². The van der Waals surface area contributed by atoms with Crippen LogP contribution in [0, 0.1) is 11.8 Å². The van der Waals surface area contributed by atoms with Gasteiger partial charge in [-0.15, -0.1) is 0 Å². The van der Waals surface area contributed by atoms with E-state index in [0.717, 1.165) is 24.9 Å². The van der Waals surface area contributed by atoms with Crippen molar-refractivity contribution in [3.8, 4) is 0 Å². The Morgan fingerprint density at radius 1 is 0.800 bits per heavy atom. The Hall–Kier alpha value is -0.0400. The summed E-state index contributed by atoms with van der Waals surface area (Å²) in [6, 6.07) is 0. The first kappa shape index (κ1) is 20.4. The quantitative estimate of drug-likeness (QED) is 0.634. The molecule has 0 aromatic rings. The predicted octanol–water partition coefficient (Wildman–Crippen LogP) is 5.15. The Morgan fingerprint density at radius 2 is 1.07 bits per heavy atom. The zero-order chi connectivity index (χ0) is 12.7. The molecule has 0 amide bonds. The van der Waals surface area contributed by atoms with Gasteiger partial charge in [-0.2, -0.15) is 0 Å². The maximum absolute atomic E-state index is 4.69. The highest BCUT2D eigenvalue weighted by Crippen LogP contribution is 1.94. The fourth-order valence-corrected chi connectivity index (χ4v) is 0.204. The summed E-state index contributed by atoms with van der Waals surface area (Å²) in [4.78, 5) is 0. The van der Waals surface area contributed by atoms with E-state index in [1.54, 1.807) is 7.11 Å². The van der Waals surface area contributed by atoms with E-state index in [0.29, 0.717) is 0 Å². The molecular formula is C14H34O. The lowest BCUT2D eigenvalue weighted by Crippen LogP contribution is -1.80. The number of methoxy groups -OCH3 is 1. The molecule has 15 heavy (non-hydrogen) atoms. The maximum atomic E-state index is 4.69. The summed E-state index contributed by atoms with van der Waals surface area (Å²) in [5, 5.41) is 0. The second-order valence-electron chi connectivity index (χ2n) is 4.60. The third kappa shape index (κ3) is 56.2. The van der Waals surface area contributed by atoms with Crippen LogP contribution < -0.4 is 0 Å². The fraction of sp³-hybridized carbons (Fsp3) is 1.00. The monoisotopic (exact) mass is 218 g/mol. The van der Waals surface area contributed by atoms with Gasteiger partial charge in [-0.25, -0.2) is 0 Å². The number of hydrogen-bond acceptors (Lipinski definition) is 1. The largest absolute Gasteiger partial charge is 0.385 e. The number of rotatable bonds is 4. The Balaban J connectivity index is -0.000000144. The highest BCUT2D eigenvalue weighted by molar-refractivity contribution is 4.33. The molecule has 0 N–H and O–H groups in total. The van der Waals surface area contributed by atoms with Crippen molar-refractivity contribution in [1.29, 1.82) is 0 Å². The Morgan fingerprint density at radius 3 is 1.07 bits per heavy atom. The van der Waals surface area contributed by atoms with Crippen LogP contribution in [0.15, 0.2) is 0 Å². The summed E-state index contributed by atoms with van der Waals surface area (Å²) in [6.07, 6.45) is 3.73. The van der Waals surface area contributed by atoms with Gasteiger partial charge in [-0.3, -0.25) is 0 Å². The van der Waals surface area contributed by atoms with Crippen molar-refractivity contribution in [2.24, 2.45) is 11.8 Å². The van der Waals surface area contributed by atoms with Crippen LogP contribution in [-0.4, -0.2) is 13.7 Å². The van der Waals surface area contributed by atoms with Gasteiger partial charge in [0, 0.05) is 13.7 Å². The Labute approximate surface area is 98.6 Å². The van der Waals surface area contributed by atoms with Crippen molar-refractivity contribution in [3.05, 3.63) is 0 Å². The SMILES string of the molecule is CCC(C)C.CCC(C)C.CCCOC. The summed E-state index contributed by atoms with van der Waals surface area (Å²) in [7, 11) is 1.71. The van der Waals surface area contributed by atoms with Crippen molar-refractivity contribution in [1.82, 2.24) is 0 Å². The van der Waals surface area contributed by atoms with E-state index in [4.69, 9.17) is 4.74 Å². The molecule has 0 aliphatic rings. The molecule has 0 aliphatic carbocycles. The van der Waals surface area contributed by atoms with E-state index in [2.05, 4.69) is 48.5 Å². The molecule has 0 unspecified atom stereocenters. The number of hydrogen-bond donors (Lipinski definition) is 0. The summed E-state index contributed by atoms with van der Waals surface area (Å²) < 4.78 is 4.69. The molecular weight excluding hydrogens is 184 g/mol. The van der Waals surface area contributed by atoms with Gasteiger partial charge in [0.25, 0.3) is 0 Å². The van der Waals surface area contributed by atoms with Gasteiger partial charge in [-0.1, -0.05) is 61.3 Å². The van der Waals surface area contributed by atoms with Gasteiger partial charge in [0.05, 0.1) is 0 Å². The molecule has 0 spiro atoms. The molecule has 0 aromatic carbocycles. The molecule has 0 radical (unpaired) electrons. The highest BCUT2D eigenvalue weighted by atomic mass is 16.5. The van der Waals surface area contributed by atoms with Crippen LogP contribution in [0.3, 0.4) is 0 Å². The minimum atomic E-state index is 0.884. The van der Waals surface area contributed by atoms with Crippen LogP contribution in [-0.2, 0) is 4.74 Å². The molecule has 1 nitrogen and oxygen atoms in total. The zero-order valence-electron chi connectivity index (χ0n) is 12.4. The summed E-state index contributed by atoms with van der Waals surface area (Å²) in [6.45, 7) is 16.3. The van der Waals surface area contributed by atoms with Crippen LogP contribution in [0.2, 0.25) is 0 Å². The molecule has 96 valence electrons. The van der Waals surface area contributed by atoms with Gasteiger partial charge >= 0.3 is 0 Å². The van der Waals surface area contributed by atoms with Gasteiger partial charge < -0.3 is 4.74 Å². The molecule has 0 aliphatic heterocycles. The van der Waals surface area contributed by atoms with Crippen LogP contribution in [0.25, 0.3) is 0 Å². The molecule has 0 atom stereocenters. The molecule has 0 saturated heterocycles. The minimum Gasteiger partial charge on any atom is -0.385 e. The first-order valence-corrected chi connectivity index (χ1v) is 6.44. The third-order valence-corrected chi connectivity index (χ3v) is 2.04. The van der Waals surface area contributed by atoms with E-state index in [9.17, 15) is 0 Å². The van der Waals surface area contributed by atoms with Crippen LogP contribution in [0.1, 0.15) is 67.7 Å². The second-order valence-corrected chi connectivity index (χ2v) is 4.60. The normalized spacial score (nSPS) is 9.20.